The van der Waals surface area contributed by atoms with Crippen LogP contribution in [0.25, 0.3) is 0 Å². The number of piperidine rings is 1. The van der Waals surface area contributed by atoms with Gasteiger partial charge in [0.25, 0.3) is 5.91 Å². The van der Waals surface area contributed by atoms with Crippen molar-refractivity contribution in [2.24, 2.45) is 0 Å². The molecule has 1 aliphatic heterocycles. The van der Waals surface area contributed by atoms with Crippen LogP contribution < -0.4 is 15.4 Å². The van der Waals surface area contributed by atoms with E-state index in [1.54, 1.807) is 0 Å². The number of nitrogens with one attached hydrogen (secondary N) is 2. The fraction of sp³-hybridized carbons (Fsp3) is 0.385. The van der Waals surface area contributed by atoms with E-state index < -0.39 is 12.5 Å². The minimum Gasteiger partial charge on any atom is -0.434 e. The van der Waals surface area contributed by atoms with Crippen LogP contribution in [0.3, 0.4) is 0 Å². The zero-order valence-corrected chi connectivity index (χ0v) is 11.6. The Morgan fingerprint density at radius 1 is 1.48 bits per heavy atom. The molecule has 0 aromatic heterocycles. The molecule has 0 saturated carbocycles. The Bertz CT molecular complexity index is 544. The van der Waals surface area contributed by atoms with E-state index in [4.69, 9.17) is 11.6 Å². The van der Waals surface area contributed by atoms with Crippen molar-refractivity contribution >= 4 is 23.4 Å². The zero-order chi connectivity index (χ0) is 15.4. The number of hydrogen-bond acceptors (Lipinski definition) is 3. The number of benzene rings is 1. The number of carbonyl (C=O) groups excluding carboxylic acids is 2. The second-order valence-electron chi connectivity index (χ2n) is 4.53. The lowest BCUT2D eigenvalue weighted by molar-refractivity contribution is -0.122. The smallest absolute Gasteiger partial charge is 0.387 e. The van der Waals surface area contributed by atoms with E-state index >= 15 is 0 Å². The molecule has 0 unspecified atom stereocenters. The standard InChI is InChI=1S/C13H13ClF2N2O3/c14-7-1-3-10(21-13(15)16)9(5-7)12(20)18-8-2-4-11(19)17-6-8/h1,3,5,8,13H,2,4,6H2,(H,17,19)(H,18,20)/t8-/m0/s1. The Morgan fingerprint density at radius 3 is 2.86 bits per heavy atom. The van der Waals surface area contributed by atoms with Gasteiger partial charge in [-0.1, -0.05) is 11.6 Å². The van der Waals surface area contributed by atoms with E-state index in [9.17, 15) is 18.4 Å². The maximum Gasteiger partial charge on any atom is 0.387 e. The van der Waals surface area contributed by atoms with Gasteiger partial charge in [-0.3, -0.25) is 9.59 Å². The molecule has 114 valence electrons. The highest BCUT2D eigenvalue weighted by atomic mass is 35.5. The van der Waals surface area contributed by atoms with Crippen molar-refractivity contribution in [2.45, 2.75) is 25.5 Å². The summed E-state index contributed by atoms with van der Waals surface area (Å²) < 4.78 is 29.0. The first-order chi connectivity index (χ1) is 9.95. The van der Waals surface area contributed by atoms with Crippen LogP contribution in [-0.2, 0) is 4.79 Å². The van der Waals surface area contributed by atoms with Gasteiger partial charge >= 0.3 is 6.61 Å². The topological polar surface area (TPSA) is 67.4 Å². The Morgan fingerprint density at radius 2 is 2.24 bits per heavy atom. The predicted molar refractivity (Wildman–Crippen MR) is 71.6 cm³/mol. The van der Waals surface area contributed by atoms with Crippen molar-refractivity contribution in [2.75, 3.05) is 6.54 Å². The summed E-state index contributed by atoms with van der Waals surface area (Å²) in [6.45, 7) is -2.73. The van der Waals surface area contributed by atoms with E-state index in [-0.39, 0.29) is 28.3 Å². The van der Waals surface area contributed by atoms with Gasteiger partial charge in [-0.05, 0) is 24.6 Å². The van der Waals surface area contributed by atoms with Crippen molar-refractivity contribution in [3.63, 3.8) is 0 Å². The number of hydrogen-bond donors (Lipinski definition) is 2. The molecule has 0 bridgehead atoms. The second-order valence-corrected chi connectivity index (χ2v) is 4.97. The molecule has 1 heterocycles. The van der Waals surface area contributed by atoms with Crippen molar-refractivity contribution in [3.05, 3.63) is 28.8 Å². The molecule has 5 nitrogen and oxygen atoms in total. The van der Waals surface area contributed by atoms with Crippen molar-refractivity contribution in [3.8, 4) is 5.75 Å². The normalized spacial score (nSPS) is 18.3. The third-order valence-electron chi connectivity index (χ3n) is 3.00. The highest BCUT2D eigenvalue weighted by molar-refractivity contribution is 6.31. The van der Waals surface area contributed by atoms with E-state index in [1.165, 1.54) is 18.2 Å². The summed E-state index contributed by atoms with van der Waals surface area (Å²) in [4.78, 5) is 23.2. The van der Waals surface area contributed by atoms with Crippen LogP contribution >= 0.6 is 11.6 Å². The van der Waals surface area contributed by atoms with Crippen molar-refractivity contribution in [1.82, 2.24) is 10.6 Å². The Kier molecular flexibility index (Phi) is 4.95. The van der Waals surface area contributed by atoms with Crippen LogP contribution in [0.2, 0.25) is 5.02 Å². The molecule has 0 aliphatic carbocycles. The van der Waals surface area contributed by atoms with Crippen molar-refractivity contribution < 1.29 is 23.1 Å². The molecule has 1 aromatic carbocycles. The molecule has 2 N–H and O–H groups in total. The third-order valence-corrected chi connectivity index (χ3v) is 3.24. The van der Waals surface area contributed by atoms with Gasteiger partial charge in [-0.15, -0.1) is 0 Å². The summed E-state index contributed by atoms with van der Waals surface area (Å²) in [6, 6.07) is 3.58. The van der Waals surface area contributed by atoms with Gasteiger partial charge in [0, 0.05) is 24.0 Å². The monoisotopic (exact) mass is 318 g/mol. The molecule has 1 atom stereocenters. The zero-order valence-electron chi connectivity index (χ0n) is 10.9. The lowest BCUT2D eigenvalue weighted by Gasteiger charge is -2.23. The van der Waals surface area contributed by atoms with E-state index in [0.29, 0.717) is 19.4 Å². The van der Waals surface area contributed by atoms with Crippen molar-refractivity contribution in [1.29, 1.82) is 0 Å². The molecular formula is C13H13ClF2N2O3. The van der Waals surface area contributed by atoms with Crippen LogP contribution in [-0.4, -0.2) is 31.0 Å². The largest absolute Gasteiger partial charge is 0.434 e. The molecule has 1 fully saturated rings. The average Bonchev–Trinajstić information content (AvgIpc) is 2.43. The number of halogens is 3. The van der Waals surface area contributed by atoms with Crippen LogP contribution in [0.1, 0.15) is 23.2 Å². The summed E-state index contributed by atoms with van der Waals surface area (Å²) >= 11 is 5.78. The van der Waals surface area contributed by atoms with Crippen LogP contribution in [0.15, 0.2) is 18.2 Å². The minimum atomic E-state index is -3.04. The highest BCUT2D eigenvalue weighted by Gasteiger charge is 2.22. The minimum absolute atomic E-state index is 0.0697. The maximum absolute atomic E-state index is 12.3. The summed E-state index contributed by atoms with van der Waals surface area (Å²) in [6.07, 6.45) is 0.796. The Balaban J connectivity index is 2.10. The molecule has 0 radical (unpaired) electrons. The van der Waals surface area contributed by atoms with Gasteiger partial charge < -0.3 is 15.4 Å². The molecule has 1 saturated heterocycles. The predicted octanol–water partition coefficient (Wildman–Crippen LogP) is 1.95. The van der Waals surface area contributed by atoms with Gasteiger partial charge in [0.05, 0.1) is 5.56 Å². The quantitative estimate of drug-likeness (QED) is 0.891. The van der Waals surface area contributed by atoms with Gasteiger partial charge in [-0.25, -0.2) is 0 Å². The summed E-state index contributed by atoms with van der Waals surface area (Å²) in [5, 5.41) is 5.51. The van der Waals surface area contributed by atoms with Gasteiger partial charge in [0.2, 0.25) is 5.91 Å². The van der Waals surface area contributed by atoms with Crippen LogP contribution in [0.4, 0.5) is 8.78 Å². The summed E-state index contributed by atoms with van der Waals surface area (Å²) in [5.41, 5.74) is -0.0697. The lowest BCUT2D eigenvalue weighted by atomic mass is 10.1. The lowest BCUT2D eigenvalue weighted by Crippen LogP contribution is -2.47. The average molecular weight is 319 g/mol. The number of alkyl halides is 2. The Hall–Kier alpha value is -1.89. The third kappa shape index (κ3) is 4.29. The molecule has 0 spiro atoms. The first-order valence-corrected chi connectivity index (χ1v) is 6.65. The molecule has 8 heteroatoms. The van der Waals surface area contributed by atoms with Gasteiger partial charge in [0.15, 0.2) is 0 Å². The fourth-order valence-electron chi connectivity index (χ4n) is 2.00. The maximum atomic E-state index is 12.3. The van der Waals surface area contributed by atoms with E-state index in [0.717, 1.165) is 0 Å². The first-order valence-electron chi connectivity index (χ1n) is 6.27. The van der Waals surface area contributed by atoms with Gasteiger partial charge in [-0.2, -0.15) is 8.78 Å². The number of carbonyl (C=O) groups is 2. The number of ether oxygens (including phenoxy) is 1. The summed E-state index contributed by atoms with van der Waals surface area (Å²) in [7, 11) is 0. The molecule has 2 rings (SSSR count). The fourth-order valence-corrected chi connectivity index (χ4v) is 2.17. The number of amides is 2. The first kappa shape index (κ1) is 15.5. The summed E-state index contributed by atoms with van der Waals surface area (Å²) in [5.74, 6) is -0.897. The van der Waals surface area contributed by atoms with Crippen LogP contribution in [0, 0.1) is 0 Å². The molecule has 1 aromatic rings. The Labute approximate surface area is 124 Å². The second kappa shape index (κ2) is 6.71. The number of rotatable bonds is 4. The highest BCUT2D eigenvalue weighted by Crippen LogP contribution is 2.24. The van der Waals surface area contributed by atoms with E-state index in [1.807, 2.05) is 0 Å². The van der Waals surface area contributed by atoms with Crippen LogP contribution in [0.5, 0.6) is 5.75 Å². The van der Waals surface area contributed by atoms with Gasteiger partial charge in [0.1, 0.15) is 5.75 Å². The molecule has 1 aliphatic rings. The molecule has 2 amide bonds. The SMILES string of the molecule is O=C1CC[C@H](NC(=O)c2cc(Cl)ccc2OC(F)F)CN1. The molecule has 21 heavy (non-hydrogen) atoms. The van der Waals surface area contributed by atoms with E-state index in [2.05, 4.69) is 15.4 Å². The molecular weight excluding hydrogens is 306 g/mol.